The lowest BCUT2D eigenvalue weighted by Crippen LogP contribution is -1.67. The van der Waals surface area contributed by atoms with Crippen molar-refractivity contribution in [1.29, 1.82) is 0 Å². The molecule has 0 aliphatic heterocycles. The summed E-state index contributed by atoms with van der Waals surface area (Å²) in [5.41, 5.74) is 0. The van der Waals surface area contributed by atoms with Gasteiger partial charge in [0.1, 0.15) is 11.3 Å². The Morgan fingerprint density at radius 3 is 3.20 bits per heavy atom. The molecule has 1 heterocycles. The number of thiazole rings is 1. The van der Waals surface area contributed by atoms with Gasteiger partial charge in [0.25, 0.3) is 0 Å². The summed E-state index contributed by atoms with van der Waals surface area (Å²) < 4.78 is 0. The van der Waals surface area contributed by atoms with Gasteiger partial charge < -0.3 is 4.79 Å². The van der Waals surface area contributed by atoms with E-state index in [1.807, 2.05) is 11.5 Å². The van der Waals surface area contributed by atoms with E-state index in [1.165, 1.54) is 0 Å². The molecular formula is C7H7NOS. The van der Waals surface area contributed by atoms with Crippen molar-refractivity contribution in [1.82, 2.24) is 4.98 Å². The normalized spacial score (nSPS) is 10.4. The molecule has 0 aliphatic rings. The van der Waals surface area contributed by atoms with Crippen molar-refractivity contribution in [2.75, 3.05) is 0 Å². The molecule has 10 heavy (non-hydrogen) atoms. The summed E-state index contributed by atoms with van der Waals surface area (Å²) in [6, 6.07) is 0. The molecule has 0 saturated carbocycles. The van der Waals surface area contributed by atoms with E-state index in [1.54, 1.807) is 23.6 Å². The fraction of sp³-hybridized carbons (Fsp3) is 0.143. The highest BCUT2D eigenvalue weighted by Gasteiger charge is 1.84. The van der Waals surface area contributed by atoms with Crippen LogP contribution in [-0.4, -0.2) is 11.3 Å². The molecule has 1 aromatic rings. The Morgan fingerprint density at radius 2 is 2.60 bits per heavy atom. The molecule has 0 saturated heterocycles. The summed E-state index contributed by atoms with van der Waals surface area (Å²) in [7, 11) is 0. The number of allylic oxidation sites excluding steroid dienone is 1. The highest BCUT2D eigenvalue weighted by Crippen LogP contribution is 2.05. The van der Waals surface area contributed by atoms with E-state index < -0.39 is 0 Å². The summed E-state index contributed by atoms with van der Waals surface area (Å²) in [5.74, 6) is 0. The van der Waals surface area contributed by atoms with Gasteiger partial charge in [-0.25, -0.2) is 4.98 Å². The molecular weight excluding hydrogens is 146 g/mol. The quantitative estimate of drug-likeness (QED) is 0.619. The summed E-state index contributed by atoms with van der Waals surface area (Å²) in [5, 5.41) is 2.85. The minimum Gasteiger partial charge on any atom is -0.303 e. The number of carbonyl (C=O) groups is 1. The molecule has 1 rings (SSSR count). The molecule has 0 N–H and O–H groups in total. The van der Waals surface area contributed by atoms with Crippen molar-refractivity contribution >= 4 is 23.7 Å². The monoisotopic (exact) mass is 153 g/mol. The van der Waals surface area contributed by atoms with E-state index >= 15 is 0 Å². The molecule has 3 heteroatoms. The van der Waals surface area contributed by atoms with Gasteiger partial charge in [0.15, 0.2) is 0 Å². The first-order chi connectivity index (χ1) is 4.93. The number of aromatic nitrogens is 1. The zero-order chi connectivity index (χ0) is 7.23. The van der Waals surface area contributed by atoms with Gasteiger partial charge in [-0.1, -0.05) is 6.08 Å². The van der Waals surface area contributed by atoms with Crippen LogP contribution < -0.4 is 0 Å². The molecule has 0 atom stereocenters. The lowest BCUT2D eigenvalue weighted by Gasteiger charge is -1.77. The molecule has 52 valence electrons. The lowest BCUT2D eigenvalue weighted by atomic mass is 10.4. The van der Waals surface area contributed by atoms with Crippen LogP contribution in [0.5, 0.6) is 0 Å². The van der Waals surface area contributed by atoms with Crippen LogP contribution in [-0.2, 0) is 4.79 Å². The highest BCUT2D eigenvalue weighted by atomic mass is 32.1. The van der Waals surface area contributed by atoms with Gasteiger partial charge in [-0.05, 0) is 6.08 Å². The van der Waals surface area contributed by atoms with Crippen LogP contribution in [0, 0.1) is 0 Å². The molecule has 1 aromatic heterocycles. The smallest absolute Gasteiger partial charge is 0.123 e. The Morgan fingerprint density at radius 1 is 1.70 bits per heavy atom. The molecule has 0 bridgehead atoms. The standard InChI is InChI=1S/C7H7NOS/c9-5-2-1-3-7-8-4-6-10-7/h1,3-6H,2H2. The summed E-state index contributed by atoms with van der Waals surface area (Å²) in [6.45, 7) is 0. The van der Waals surface area contributed by atoms with E-state index in [2.05, 4.69) is 4.98 Å². The SMILES string of the molecule is O=CCC=Cc1nccs1. The molecule has 0 amide bonds. The molecule has 0 unspecified atom stereocenters. The van der Waals surface area contributed by atoms with Crippen LogP contribution >= 0.6 is 11.3 Å². The van der Waals surface area contributed by atoms with Crippen LogP contribution in [0.25, 0.3) is 6.08 Å². The van der Waals surface area contributed by atoms with Crippen molar-refractivity contribution in [2.24, 2.45) is 0 Å². The van der Waals surface area contributed by atoms with Crippen molar-refractivity contribution < 1.29 is 4.79 Å². The topological polar surface area (TPSA) is 30.0 Å². The zero-order valence-electron chi connectivity index (χ0n) is 5.36. The predicted octanol–water partition coefficient (Wildman–Crippen LogP) is 1.75. The van der Waals surface area contributed by atoms with Crippen molar-refractivity contribution in [3.05, 3.63) is 22.7 Å². The van der Waals surface area contributed by atoms with Gasteiger partial charge >= 0.3 is 0 Å². The average molecular weight is 153 g/mol. The fourth-order valence-corrected chi connectivity index (χ4v) is 1.10. The van der Waals surface area contributed by atoms with E-state index in [-0.39, 0.29) is 0 Å². The zero-order valence-corrected chi connectivity index (χ0v) is 6.17. The first-order valence-corrected chi connectivity index (χ1v) is 3.81. The first-order valence-electron chi connectivity index (χ1n) is 2.93. The maximum Gasteiger partial charge on any atom is 0.123 e. The Bertz CT molecular complexity index is 216. The maximum atomic E-state index is 9.87. The third-order valence-corrected chi connectivity index (χ3v) is 1.68. The van der Waals surface area contributed by atoms with E-state index in [0.717, 1.165) is 11.3 Å². The number of carbonyl (C=O) groups excluding carboxylic acids is 1. The van der Waals surface area contributed by atoms with Crippen LogP contribution in [0.1, 0.15) is 11.4 Å². The largest absolute Gasteiger partial charge is 0.303 e. The van der Waals surface area contributed by atoms with Gasteiger partial charge in [0.05, 0.1) is 0 Å². The lowest BCUT2D eigenvalue weighted by molar-refractivity contribution is -0.107. The second kappa shape index (κ2) is 3.95. The Labute approximate surface area is 63.2 Å². The molecule has 0 aliphatic carbocycles. The number of hydrogen-bond acceptors (Lipinski definition) is 3. The second-order valence-electron chi connectivity index (χ2n) is 1.68. The van der Waals surface area contributed by atoms with Crippen molar-refractivity contribution in [2.45, 2.75) is 6.42 Å². The molecule has 0 spiro atoms. The molecule has 0 radical (unpaired) electrons. The van der Waals surface area contributed by atoms with Crippen LogP contribution in [0.15, 0.2) is 17.7 Å². The minimum atomic E-state index is 0.472. The second-order valence-corrected chi connectivity index (χ2v) is 2.60. The Kier molecular flexibility index (Phi) is 2.83. The van der Waals surface area contributed by atoms with Crippen LogP contribution in [0.4, 0.5) is 0 Å². The van der Waals surface area contributed by atoms with E-state index in [0.29, 0.717) is 6.42 Å². The summed E-state index contributed by atoms with van der Waals surface area (Å²) >= 11 is 1.56. The predicted molar refractivity (Wildman–Crippen MR) is 41.8 cm³/mol. The maximum absolute atomic E-state index is 9.87. The van der Waals surface area contributed by atoms with E-state index in [4.69, 9.17) is 0 Å². The Balaban J connectivity index is 2.47. The number of rotatable bonds is 3. The third-order valence-electron chi connectivity index (χ3n) is 0.944. The Hall–Kier alpha value is -0.960. The summed E-state index contributed by atoms with van der Waals surface area (Å²) in [4.78, 5) is 13.9. The number of nitrogens with zero attached hydrogens (tertiary/aromatic N) is 1. The fourth-order valence-electron chi connectivity index (χ4n) is 0.541. The van der Waals surface area contributed by atoms with Gasteiger partial charge in [-0.2, -0.15) is 0 Å². The molecule has 2 nitrogen and oxygen atoms in total. The van der Waals surface area contributed by atoms with E-state index in [9.17, 15) is 4.79 Å². The third kappa shape index (κ3) is 2.11. The highest BCUT2D eigenvalue weighted by molar-refractivity contribution is 7.10. The van der Waals surface area contributed by atoms with Crippen molar-refractivity contribution in [3.8, 4) is 0 Å². The van der Waals surface area contributed by atoms with Gasteiger partial charge in [-0.3, -0.25) is 0 Å². The van der Waals surface area contributed by atoms with Crippen molar-refractivity contribution in [3.63, 3.8) is 0 Å². The molecule has 0 fully saturated rings. The van der Waals surface area contributed by atoms with Gasteiger partial charge in [0, 0.05) is 18.0 Å². The number of aldehydes is 1. The van der Waals surface area contributed by atoms with Gasteiger partial charge in [-0.15, -0.1) is 11.3 Å². The van der Waals surface area contributed by atoms with Gasteiger partial charge in [0.2, 0.25) is 0 Å². The first kappa shape index (κ1) is 7.15. The molecule has 0 aromatic carbocycles. The van der Waals surface area contributed by atoms with Crippen LogP contribution in [0.2, 0.25) is 0 Å². The summed E-state index contributed by atoms with van der Waals surface area (Å²) in [6.07, 6.45) is 6.72. The van der Waals surface area contributed by atoms with Crippen LogP contribution in [0.3, 0.4) is 0 Å². The minimum absolute atomic E-state index is 0.472. The average Bonchev–Trinajstić information content (AvgIpc) is 2.41. The number of hydrogen-bond donors (Lipinski definition) is 0.